The zero-order valence-electron chi connectivity index (χ0n) is 12.0. The van der Waals surface area contributed by atoms with Crippen LogP contribution in [0.25, 0.3) is 11.5 Å². The summed E-state index contributed by atoms with van der Waals surface area (Å²) in [6.45, 7) is 9.03. The van der Waals surface area contributed by atoms with Crippen molar-refractivity contribution < 1.29 is 8.83 Å². The Kier molecular flexibility index (Phi) is 4.37. The van der Waals surface area contributed by atoms with Gasteiger partial charge in [0.15, 0.2) is 0 Å². The first kappa shape index (κ1) is 13.8. The van der Waals surface area contributed by atoms with Crippen LogP contribution < -0.4 is 5.32 Å². The van der Waals surface area contributed by atoms with E-state index in [1.54, 1.807) is 0 Å². The summed E-state index contributed by atoms with van der Waals surface area (Å²) in [5.74, 6) is 2.89. The lowest BCUT2D eigenvalue weighted by molar-refractivity contribution is 0.479. The molecule has 2 rings (SSSR count). The minimum absolute atomic E-state index is 0.509. The van der Waals surface area contributed by atoms with Crippen molar-refractivity contribution in [2.45, 2.75) is 46.6 Å². The third-order valence-electron chi connectivity index (χ3n) is 2.86. The van der Waals surface area contributed by atoms with E-state index in [4.69, 9.17) is 8.83 Å². The molecule has 5 nitrogen and oxygen atoms in total. The SMILES string of the molecule is Cc1cc(-c2nnc(CCCNC(C)C)o2)c(C)o1. The number of hydrogen-bond acceptors (Lipinski definition) is 5. The van der Waals surface area contributed by atoms with Crippen molar-refractivity contribution in [2.24, 2.45) is 0 Å². The van der Waals surface area contributed by atoms with Crippen LogP contribution in [0.5, 0.6) is 0 Å². The molecule has 2 aromatic rings. The maximum absolute atomic E-state index is 5.66. The highest BCUT2D eigenvalue weighted by atomic mass is 16.4. The van der Waals surface area contributed by atoms with E-state index in [-0.39, 0.29) is 0 Å². The Balaban J connectivity index is 1.94. The van der Waals surface area contributed by atoms with Gasteiger partial charge >= 0.3 is 0 Å². The van der Waals surface area contributed by atoms with Crippen LogP contribution in [0.4, 0.5) is 0 Å². The average molecular weight is 263 g/mol. The lowest BCUT2D eigenvalue weighted by Gasteiger charge is -2.05. The highest BCUT2D eigenvalue weighted by molar-refractivity contribution is 5.55. The molecule has 0 spiro atoms. The number of furan rings is 1. The Morgan fingerprint density at radius 1 is 1.21 bits per heavy atom. The molecule has 0 atom stereocenters. The Hall–Kier alpha value is -1.62. The Morgan fingerprint density at radius 3 is 2.63 bits per heavy atom. The summed E-state index contributed by atoms with van der Waals surface area (Å²) in [7, 11) is 0. The molecule has 0 aliphatic heterocycles. The normalized spacial score (nSPS) is 11.4. The van der Waals surface area contributed by atoms with Crippen LogP contribution in [0.2, 0.25) is 0 Å². The second-order valence-corrected chi connectivity index (χ2v) is 5.04. The van der Waals surface area contributed by atoms with Crippen molar-refractivity contribution in [3.8, 4) is 11.5 Å². The van der Waals surface area contributed by atoms with Crippen LogP contribution in [0, 0.1) is 13.8 Å². The number of aromatic nitrogens is 2. The fourth-order valence-corrected chi connectivity index (χ4v) is 1.94. The van der Waals surface area contributed by atoms with Crippen molar-refractivity contribution in [3.05, 3.63) is 23.5 Å². The van der Waals surface area contributed by atoms with Crippen molar-refractivity contribution in [1.29, 1.82) is 0 Å². The minimum Gasteiger partial charge on any atom is -0.466 e. The predicted octanol–water partition coefficient (Wildman–Crippen LogP) is 2.88. The van der Waals surface area contributed by atoms with E-state index in [1.807, 2.05) is 19.9 Å². The summed E-state index contributed by atoms with van der Waals surface area (Å²) in [6.07, 6.45) is 1.78. The van der Waals surface area contributed by atoms with Gasteiger partial charge in [0.25, 0.3) is 5.89 Å². The summed E-state index contributed by atoms with van der Waals surface area (Å²) in [5.41, 5.74) is 0.886. The third-order valence-corrected chi connectivity index (χ3v) is 2.86. The van der Waals surface area contributed by atoms with E-state index < -0.39 is 0 Å². The quantitative estimate of drug-likeness (QED) is 0.812. The molecular weight excluding hydrogens is 242 g/mol. The average Bonchev–Trinajstić information content (AvgIpc) is 2.91. The first-order chi connectivity index (χ1) is 9.06. The molecule has 0 unspecified atom stereocenters. The van der Waals surface area contributed by atoms with Crippen molar-refractivity contribution in [3.63, 3.8) is 0 Å². The third kappa shape index (κ3) is 3.67. The Labute approximate surface area is 113 Å². The van der Waals surface area contributed by atoms with Crippen LogP contribution in [-0.2, 0) is 6.42 Å². The Morgan fingerprint density at radius 2 is 2.00 bits per heavy atom. The molecular formula is C14H21N3O2. The van der Waals surface area contributed by atoms with Crippen LogP contribution in [0.3, 0.4) is 0 Å². The van der Waals surface area contributed by atoms with Gasteiger partial charge in [-0.1, -0.05) is 13.8 Å². The van der Waals surface area contributed by atoms with Gasteiger partial charge in [-0.05, 0) is 32.9 Å². The van der Waals surface area contributed by atoms with E-state index in [0.717, 1.165) is 36.5 Å². The largest absolute Gasteiger partial charge is 0.466 e. The van der Waals surface area contributed by atoms with E-state index >= 15 is 0 Å². The van der Waals surface area contributed by atoms with Gasteiger partial charge in [0.1, 0.15) is 11.5 Å². The molecule has 0 bridgehead atoms. The van der Waals surface area contributed by atoms with Gasteiger partial charge < -0.3 is 14.2 Å². The number of nitrogens with one attached hydrogen (secondary N) is 1. The molecule has 0 saturated heterocycles. The molecule has 0 saturated carbocycles. The maximum atomic E-state index is 5.66. The second-order valence-electron chi connectivity index (χ2n) is 5.04. The van der Waals surface area contributed by atoms with E-state index in [2.05, 4.69) is 29.4 Å². The molecule has 0 aromatic carbocycles. The lowest BCUT2D eigenvalue weighted by Crippen LogP contribution is -2.23. The zero-order valence-corrected chi connectivity index (χ0v) is 12.0. The van der Waals surface area contributed by atoms with Crippen LogP contribution >= 0.6 is 0 Å². The zero-order chi connectivity index (χ0) is 13.8. The van der Waals surface area contributed by atoms with Gasteiger partial charge in [-0.3, -0.25) is 0 Å². The van der Waals surface area contributed by atoms with Crippen LogP contribution in [-0.4, -0.2) is 22.8 Å². The van der Waals surface area contributed by atoms with Gasteiger partial charge in [-0.25, -0.2) is 0 Å². The molecule has 0 amide bonds. The molecule has 1 N–H and O–H groups in total. The molecule has 0 radical (unpaired) electrons. The second kappa shape index (κ2) is 6.02. The van der Waals surface area contributed by atoms with Gasteiger partial charge in [0.2, 0.25) is 5.89 Å². The first-order valence-electron chi connectivity index (χ1n) is 6.69. The topological polar surface area (TPSA) is 64.1 Å². The smallest absolute Gasteiger partial charge is 0.251 e. The first-order valence-corrected chi connectivity index (χ1v) is 6.69. The number of nitrogens with zero attached hydrogens (tertiary/aromatic N) is 2. The van der Waals surface area contributed by atoms with Gasteiger partial charge in [0.05, 0.1) is 5.56 Å². The fraction of sp³-hybridized carbons (Fsp3) is 0.571. The summed E-state index contributed by atoms with van der Waals surface area (Å²) in [5, 5.41) is 11.5. The monoisotopic (exact) mass is 263 g/mol. The maximum Gasteiger partial charge on any atom is 0.251 e. The van der Waals surface area contributed by atoms with E-state index in [1.165, 1.54) is 0 Å². The number of rotatable bonds is 6. The van der Waals surface area contributed by atoms with Crippen molar-refractivity contribution >= 4 is 0 Å². The van der Waals surface area contributed by atoms with Crippen molar-refractivity contribution in [1.82, 2.24) is 15.5 Å². The minimum atomic E-state index is 0.509. The fourth-order valence-electron chi connectivity index (χ4n) is 1.94. The standard InChI is InChI=1S/C14H21N3O2/c1-9(2)15-7-5-6-13-16-17-14(19-13)12-8-10(3)18-11(12)4/h8-9,15H,5-7H2,1-4H3. The van der Waals surface area contributed by atoms with Crippen LogP contribution in [0.15, 0.2) is 14.9 Å². The van der Waals surface area contributed by atoms with Gasteiger partial charge in [-0.15, -0.1) is 10.2 Å². The van der Waals surface area contributed by atoms with E-state index in [0.29, 0.717) is 17.8 Å². The van der Waals surface area contributed by atoms with Gasteiger partial charge in [-0.2, -0.15) is 0 Å². The molecule has 0 aliphatic rings. The highest BCUT2D eigenvalue weighted by Gasteiger charge is 2.14. The van der Waals surface area contributed by atoms with Crippen molar-refractivity contribution in [2.75, 3.05) is 6.54 Å². The molecule has 5 heteroatoms. The molecule has 0 fully saturated rings. The summed E-state index contributed by atoms with van der Waals surface area (Å²) >= 11 is 0. The molecule has 104 valence electrons. The van der Waals surface area contributed by atoms with Crippen LogP contribution in [0.1, 0.15) is 37.7 Å². The predicted molar refractivity (Wildman–Crippen MR) is 72.9 cm³/mol. The Bertz CT molecular complexity index is 529. The summed E-state index contributed by atoms with van der Waals surface area (Å²) in [4.78, 5) is 0. The molecule has 2 aromatic heterocycles. The molecule has 19 heavy (non-hydrogen) atoms. The molecule has 0 aliphatic carbocycles. The summed E-state index contributed by atoms with van der Waals surface area (Å²) in [6, 6.07) is 2.43. The highest BCUT2D eigenvalue weighted by Crippen LogP contribution is 2.25. The number of aryl methyl sites for hydroxylation is 3. The molecule has 2 heterocycles. The lowest BCUT2D eigenvalue weighted by atomic mass is 10.2. The van der Waals surface area contributed by atoms with E-state index in [9.17, 15) is 0 Å². The van der Waals surface area contributed by atoms with Gasteiger partial charge in [0, 0.05) is 12.5 Å². The number of hydrogen-bond donors (Lipinski definition) is 1. The summed E-state index contributed by atoms with van der Waals surface area (Å²) < 4.78 is 11.1.